The molecule has 3 nitrogen and oxygen atoms in total. The molecule has 2 rings (SSSR count). The second kappa shape index (κ2) is 5.54. The molecule has 0 aliphatic carbocycles. The van der Waals surface area contributed by atoms with Crippen molar-refractivity contribution in [3.8, 4) is 0 Å². The molecule has 0 radical (unpaired) electrons. The maximum absolute atomic E-state index is 12.3. The predicted molar refractivity (Wildman–Crippen MR) is 71.2 cm³/mol. The Bertz CT molecular complexity index is 380. The normalized spacial score (nSPS) is 20.6. The van der Waals surface area contributed by atoms with E-state index in [4.69, 9.17) is 0 Å². The molecule has 1 atom stereocenters. The zero-order valence-electron chi connectivity index (χ0n) is 10.3. The van der Waals surface area contributed by atoms with Crippen LogP contribution in [-0.4, -0.2) is 39.9 Å². The Morgan fingerprint density at radius 3 is 2.82 bits per heavy atom. The van der Waals surface area contributed by atoms with E-state index in [0.717, 1.165) is 24.4 Å². The van der Waals surface area contributed by atoms with Gasteiger partial charge in [-0.25, -0.2) is 0 Å². The topological polar surface area (TPSA) is 33.2 Å². The van der Waals surface area contributed by atoms with Crippen LogP contribution in [0.1, 0.15) is 24.2 Å². The van der Waals surface area contributed by atoms with E-state index in [2.05, 4.69) is 18.8 Å². The lowest BCUT2D eigenvalue weighted by atomic mass is 10.1. The molecule has 1 unspecified atom stereocenters. The first-order chi connectivity index (χ1) is 8.18. The minimum absolute atomic E-state index is 0.137. The molecule has 0 aromatic carbocycles. The lowest BCUT2D eigenvalue weighted by Gasteiger charge is -2.34. The van der Waals surface area contributed by atoms with Crippen molar-refractivity contribution in [2.24, 2.45) is 5.92 Å². The minimum atomic E-state index is 0.137. The largest absolute Gasteiger partial charge is 0.337 e. The third-order valence-electron chi connectivity index (χ3n) is 3.05. The Balaban J connectivity index is 2.05. The zero-order chi connectivity index (χ0) is 12.3. The molecule has 0 bridgehead atoms. The summed E-state index contributed by atoms with van der Waals surface area (Å²) in [5.74, 6) is 1.80. The first kappa shape index (κ1) is 12.4. The van der Waals surface area contributed by atoms with Gasteiger partial charge in [-0.2, -0.15) is 11.8 Å². The van der Waals surface area contributed by atoms with Crippen LogP contribution in [0.3, 0.4) is 0 Å². The van der Waals surface area contributed by atoms with Crippen LogP contribution < -0.4 is 0 Å². The molecule has 1 aliphatic rings. The number of hydrogen-bond acceptors (Lipinski definition) is 3. The first-order valence-corrected chi connectivity index (χ1v) is 7.04. The van der Waals surface area contributed by atoms with Crippen molar-refractivity contribution in [2.75, 3.05) is 18.8 Å². The minimum Gasteiger partial charge on any atom is -0.337 e. The second-order valence-corrected chi connectivity index (χ2v) is 5.99. The van der Waals surface area contributed by atoms with Gasteiger partial charge in [-0.1, -0.05) is 13.8 Å². The fraction of sp³-hybridized carbons (Fsp3) is 0.538. The Hall–Kier alpha value is -1.03. The number of hydrogen-bond donors (Lipinski definition) is 0. The number of rotatable bonds is 2. The van der Waals surface area contributed by atoms with Crippen LogP contribution in [0.4, 0.5) is 0 Å². The van der Waals surface area contributed by atoms with E-state index in [9.17, 15) is 4.79 Å². The summed E-state index contributed by atoms with van der Waals surface area (Å²) >= 11 is 1.98. The molecule has 0 N–H and O–H groups in total. The highest BCUT2D eigenvalue weighted by Gasteiger charge is 2.26. The number of nitrogens with zero attached hydrogens (tertiary/aromatic N) is 2. The first-order valence-electron chi connectivity index (χ1n) is 5.99. The van der Waals surface area contributed by atoms with E-state index < -0.39 is 0 Å². The van der Waals surface area contributed by atoms with Crippen molar-refractivity contribution < 1.29 is 4.79 Å². The number of amides is 1. The summed E-state index contributed by atoms with van der Waals surface area (Å²) in [6.07, 6.45) is 3.34. The fourth-order valence-electron chi connectivity index (χ4n) is 1.94. The van der Waals surface area contributed by atoms with Crippen LogP contribution in [0, 0.1) is 5.92 Å². The molecule has 4 heteroatoms. The summed E-state index contributed by atoms with van der Waals surface area (Å²) < 4.78 is 0. The monoisotopic (exact) mass is 250 g/mol. The van der Waals surface area contributed by atoms with Gasteiger partial charge in [0.15, 0.2) is 0 Å². The van der Waals surface area contributed by atoms with Gasteiger partial charge in [0.2, 0.25) is 0 Å². The average molecular weight is 250 g/mol. The van der Waals surface area contributed by atoms with E-state index >= 15 is 0 Å². The summed E-state index contributed by atoms with van der Waals surface area (Å²) in [4.78, 5) is 18.2. The standard InChI is InChI=1S/C13H18N2OS/c1-10(2)12-9-15(7-8-17-12)13(16)11-3-5-14-6-4-11/h3-6,10,12H,7-9H2,1-2H3. The number of carbonyl (C=O) groups is 1. The Morgan fingerprint density at radius 1 is 1.47 bits per heavy atom. The number of aromatic nitrogens is 1. The van der Waals surface area contributed by atoms with Gasteiger partial charge >= 0.3 is 0 Å². The quantitative estimate of drug-likeness (QED) is 0.807. The lowest BCUT2D eigenvalue weighted by molar-refractivity contribution is 0.0756. The van der Waals surface area contributed by atoms with Gasteiger partial charge in [-0.15, -0.1) is 0 Å². The van der Waals surface area contributed by atoms with E-state index in [1.807, 2.05) is 16.7 Å². The Kier molecular flexibility index (Phi) is 4.05. The van der Waals surface area contributed by atoms with E-state index in [1.54, 1.807) is 24.5 Å². The summed E-state index contributed by atoms with van der Waals surface area (Å²) in [6.45, 7) is 6.16. The molecule has 1 aromatic rings. The van der Waals surface area contributed by atoms with Crippen LogP contribution in [0.5, 0.6) is 0 Å². The molecule has 1 aliphatic heterocycles. The molecule has 1 amide bonds. The van der Waals surface area contributed by atoms with E-state index in [1.165, 1.54) is 0 Å². The second-order valence-electron chi connectivity index (χ2n) is 4.64. The van der Waals surface area contributed by atoms with Gasteiger partial charge in [0.1, 0.15) is 0 Å². The van der Waals surface area contributed by atoms with Crippen molar-refractivity contribution in [3.05, 3.63) is 30.1 Å². The molecular weight excluding hydrogens is 232 g/mol. The number of carbonyl (C=O) groups excluding carboxylic acids is 1. The summed E-state index contributed by atoms with van der Waals surface area (Å²) in [5, 5.41) is 0.564. The third kappa shape index (κ3) is 3.00. The van der Waals surface area contributed by atoms with Crippen molar-refractivity contribution in [1.29, 1.82) is 0 Å². The van der Waals surface area contributed by atoms with E-state index in [0.29, 0.717) is 11.2 Å². The lowest BCUT2D eigenvalue weighted by Crippen LogP contribution is -2.43. The highest BCUT2D eigenvalue weighted by Crippen LogP contribution is 2.25. The van der Waals surface area contributed by atoms with Crippen LogP contribution >= 0.6 is 11.8 Å². The highest BCUT2D eigenvalue weighted by molar-refractivity contribution is 8.00. The van der Waals surface area contributed by atoms with Crippen LogP contribution in [0.2, 0.25) is 0 Å². The van der Waals surface area contributed by atoms with Gasteiger partial charge < -0.3 is 4.90 Å². The predicted octanol–water partition coefficient (Wildman–Crippen LogP) is 2.30. The van der Waals surface area contributed by atoms with Crippen molar-refractivity contribution in [3.63, 3.8) is 0 Å². The number of pyridine rings is 1. The van der Waals surface area contributed by atoms with Crippen molar-refractivity contribution >= 4 is 17.7 Å². The molecule has 92 valence electrons. The average Bonchev–Trinajstić information content (AvgIpc) is 2.39. The van der Waals surface area contributed by atoms with Gasteiger partial charge in [-0.3, -0.25) is 9.78 Å². The Morgan fingerprint density at radius 2 is 2.18 bits per heavy atom. The zero-order valence-corrected chi connectivity index (χ0v) is 11.1. The summed E-state index contributed by atoms with van der Waals surface area (Å²) in [6, 6.07) is 3.57. The molecular formula is C13H18N2OS. The van der Waals surface area contributed by atoms with Gasteiger partial charge in [-0.05, 0) is 18.1 Å². The summed E-state index contributed by atoms with van der Waals surface area (Å²) in [7, 11) is 0. The molecule has 1 fully saturated rings. The maximum Gasteiger partial charge on any atom is 0.254 e. The smallest absolute Gasteiger partial charge is 0.254 e. The molecule has 1 saturated heterocycles. The van der Waals surface area contributed by atoms with Gasteiger partial charge in [0, 0.05) is 42.0 Å². The fourth-order valence-corrected chi connectivity index (χ4v) is 3.24. The van der Waals surface area contributed by atoms with Gasteiger partial charge in [0.05, 0.1) is 0 Å². The highest BCUT2D eigenvalue weighted by atomic mass is 32.2. The summed E-state index contributed by atoms with van der Waals surface area (Å²) in [5.41, 5.74) is 0.745. The number of thioether (sulfide) groups is 1. The molecule has 0 saturated carbocycles. The molecule has 0 spiro atoms. The SMILES string of the molecule is CC(C)C1CN(C(=O)c2ccncc2)CCS1. The Labute approximate surface area is 107 Å². The molecule has 17 heavy (non-hydrogen) atoms. The van der Waals surface area contributed by atoms with Crippen LogP contribution in [-0.2, 0) is 0 Å². The van der Waals surface area contributed by atoms with Crippen LogP contribution in [0.25, 0.3) is 0 Å². The van der Waals surface area contributed by atoms with Crippen molar-refractivity contribution in [2.45, 2.75) is 19.1 Å². The third-order valence-corrected chi connectivity index (χ3v) is 4.59. The van der Waals surface area contributed by atoms with E-state index in [-0.39, 0.29) is 5.91 Å². The van der Waals surface area contributed by atoms with Crippen molar-refractivity contribution in [1.82, 2.24) is 9.88 Å². The maximum atomic E-state index is 12.3. The van der Waals surface area contributed by atoms with Crippen LogP contribution in [0.15, 0.2) is 24.5 Å². The van der Waals surface area contributed by atoms with Gasteiger partial charge in [0.25, 0.3) is 5.91 Å². The molecule has 1 aromatic heterocycles. The molecule has 2 heterocycles.